The van der Waals surface area contributed by atoms with Crippen molar-refractivity contribution in [1.82, 2.24) is 0 Å². The largest absolute Gasteiger partial charge is 0.508 e. The average Bonchev–Trinajstić information content (AvgIpc) is 2.71. The number of hydrogen-bond donors (Lipinski definition) is 1. The predicted octanol–water partition coefficient (Wildman–Crippen LogP) is 6.34. The van der Waals surface area contributed by atoms with Crippen LogP contribution in [0.1, 0.15) is 22.3 Å². The third-order valence-electron chi connectivity index (χ3n) is 4.71. The molecule has 4 aromatic rings. The Labute approximate surface area is 179 Å². The van der Waals surface area contributed by atoms with E-state index < -0.39 is 0 Å². The van der Waals surface area contributed by atoms with E-state index in [1.807, 2.05) is 36.4 Å². The number of aromatic hydroxyl groups is 1. The summed E-state index contributed by atoms with van der Waals surface area (Å²) >= 11 is 2.30. The van der Waals surface area contributed by atoms with Crippen molar-refractivity contribution in [2.24, 2.45) is 0 Å². The Hall–Kier alpha value is -2.77. The van der Waals surface area contributed by atoms with Gasteiger partial charge in [-0.2, -0.15) is 0 Å². The Balaban J connectivity index is 1.59. The molecule has 0 aliphatic heterocycles. The Morgan fingerprint density at radius 3 is 2.32 bits per heavy atom. The maximum absolute atomic E-state index is 10.4. The van der Waals surface area contributed by atoms with Crippen molar-refractivity contribution in [3.8, 4) is 17.6 Å². The van der Waals surface area contributed by atoms with Gasteiger partial charge in [-0.25, -0.2) is 0 Å². The van der Waals surface area contributed by atoms with Gasteiger partial charge < -0.3 is 5.11 Å². The summed E-state index contributed by atoms with van der Waals surface area (Å²) in [6.45, 7) is 0. The lowest BCUT2D eigenvalue weighted by Crippen LogP contribution is -1.90. The fourth-order valence-electron chi connectivity index (χ4n) is 3.22. The number of halogens is 1. The van der Waals surface area contributed by atoms with Gasteiger partial charge in [0.2, 0.25) is 0 Å². The predicted molar refractivity (Wildman–Crippen MR) is 125 cm³/mol. The Morgan fingerprint density at radius 2 is 1.54 bits per heavy atom. The number of phenolic OH excluding ortho intramolecular Hbond substituents is 1. The third-order valence-corrected chi connectivity index (χ3v) is 5.43. The summed E-state index contributed by atoms with van der Waals surface area (Å²) in [6.07, 6.45) is 1.45. The van der Waals surface area contributed by atoms with E-state index in [0.717, 1.165) is 28.3 Å². The Kier molecular flexibility index (Phi) is 5.64. The molecule has 1 nitrogen and oxygen atoms in total. The van der Waals surface area contributed by atoms with Gasteiger partial charge in [-0.15, -0.1) is 0 Å². The van der Waals surface area contributed by atoms with Crippen LogP contribution in [0.4, 0.5) is 0 Å². The smallest absolute Gasteiger partial charge is 0.119 e. The van der Waals surface area contributed by atoms with E-state index in [4.69, 9.17) is 0 Å². The lowest BCUT2D eigenvalue weighted by Gasteiger charge is -2.08. The minimum atomic E-state index is 0.342. The molecule has 0 heterocycles. The first-order valence-electron chi connectivity index (χ1n) is 9.20. The first-order valence-corrected chi connectivity index (χ1v) is 10.3. The molecule has 4 rings (SSSR count). The van der Waals surface area contributed by atoms with Crippen LogP contribution in [-0.2, 0) is 12.8 Å². The van der Waals surface area contributed by atoms with Crippen LogP contribution >= 0.6 is 22.6 Å². The van der Waals surface area contributed by atoms with Crippen LogP contribution in [-0.4, -0.2) is 5.11 Å². The summed E-state index contributed by atoms with van der Waals surface area (Å²) in [5, 5.41) is 12.6. The van der Waals surface area contributed by atoms with Gasteiger partial charge in [0.1, 0.15) is 5.75 Å². The molecule has 0 saturated carbocycles. The van der Waals surface area contributed by atoms with Crippen molar-refractivity contribution < 1.29 is 5.11 Å². The summed E-state index contributed by atoms with van der Waals surface area (Å²) in [6, 6.07) is 28.7. The highest BCUT2D eigenvalue weighted by atomic mass is 127. The van der Waals surface area contributed by atoms with Crippen molar-refractivity contribution in [3.05, 3.63) is 111 Å². The molecule has 0 fully saturated rings. The summed E-state index contributed by atoms with van der Waals surface area (Å²) in [7, 11) is 0. The van der Waals surface area contributed by atoms with Crippen molar-refractivity contribution in [3.63, 3.8) is 0 Å². The minimum Gasteiger partial charge on any atom is -0.508 e. The van der Waals surface area contributed by atoms with Crippen molar-refractivity contribution in [2.75, 3.05) is 0 Å². The van der Waals surface area contributed by atoms with Gasteiger partial charge in [0.05, 0.1) is 0 Å². The summed E-state index contributed by atoms with van der Waals surface area (Å²) in [5.41, 5.74) is 4.34. The van der Waals surface area contributed by atoms with Gasteiger partial charge in [-0.1, -0.05) is 60.4 Å². The van der Waals surface area contributed by atoms with Crippen molar-refractivity contribution >= 4 is 33.4 Å². The van der Waals surface area contributed by atoms with Crippen LogP contribution in [0.25, 0.3) is 10.8 Å². The number of benzene rings is 4. The molecular weight excluding hydrogens is 455 g/mol. The zero-order valence-electron chi connectivity index (χ0n) is 15.3. The second-order valence-corrected chi connectivity index (χ2v) is 8.06. The third kappa shape index (κ3) is 4.55. The van der Waals surface area contributed by atoms with Crippen molar-refractivity contribution in [2.45, 2.75) is 12.8 Å². The summed E-state index contributed by atoms with van der Waals surface area (Å²) < 4.78 is 1.21. The zero-order valence-corrected chi connectivity index (χ0v) is 17.5. The molecule has 1 N–H and O–H groups in total. The zero-order chi connectivity index (χ0) is 19.3. The van der Waals surface area contributed by atoms with Crippen LogP contribution in [0.3, 0.4) is 0 Å². The molecule has 0 radical (unpaired) electrons. The molecule has 2 heteroatoms. The molecule has 0 amide bonds. The maximum atomic E-state index is 10.4. The molecule has 0 aliphatic carbocycles. The van der Waals surface area contributed by atoms with Crippen LogP contribution < -0.4 is 0 Å². The summed E-state index contributed by atoms with van der Waals surface area (Å²) in [4.78, 5) is 0. The Bertz CT molecular complexity index is 1170. The molecule has 28 heavy (non-hydrogen) atoms. The molecule has 136 valence electrons. The van der Waals surface area contributed by atoms with Crippen LogP contribution in [0.2, 0.25) is 0 Å². The molecule has 0 unspecified atom stereocenters. The van der Waals surface area contributed by atoms with Crippen LogP contribution in [0, 0.1) is 15.4 Å². The highest BCUT2D eigenvalue weighted by molar-refractivity contribution is 14.1. The molecular formula is C26H19IO. The van der Waals surface area contributed by atoms with E-state index >= 15 is 0 Å². The van der Waals surface area contributed by atoms with Gasteiger partial charge in [0, 0.05) is 22.0 Å². The molecule has 0 atom stereocenters. The standard InChI is InChI=1S/C26H19IO/c27-25-13-10-21(11-14-25)16-24-17-23-15-20(9-12-22(23)18-26(24)28)8-4-7-19-5-2-1-3-6-19/h1-3,5-6,9-15,17-18,28H,7,16H2. The average molecular weight is 474 g/mol. The van der Waals surface area contributed by atoms with E-state index in [9.17, 15) is 5.11 Å². The lowest BCUT2D eigenvalue weighted by atomic mass is 9.99. The molecule has 0 saturated heterocycles. The molecule has 0 bridgehead atoms. The SMILES string of the molecule is Oc1cc2ccc(C#CCc3ccccc3)cc2cc1Cc1ccc(I)cc1. The van der Waals surface area contributed by atoms with Gasteiger partial charge in [-0.05, 0) is 86.5 Å². The first kappa shape index (κ1) is 18.6. The van der Waals surface area contributed by atoms with Crippen LogP contribution in [0.15, 0.2) is 84.9 Å². The van der Waals surface area contributed by atoms with E-state index in [2.05, 4.69) is 83.0 Å². The van der Waals surface area contributed by atoms with E-state index in [1.165, 1.54) is 14.7 Å². The van der Waals surface area contributed by atoms with Gasteiger partial charge in [0.25, 0.3) is 0 Å². The summed E-state index contributed by atoms with van der Waals surface area (Å²) in [5.74, 6) is 6.86. The van der Waals surface area contributed by atoms with Crippen molar-refractivity contribution in [1.29, 1.82) is 0 Å². The van der Waals surface area contributed by atoms with E-state index in [-0.39, 0.29) is 0 Å². The number of rotatable bonds is 3. The molecule has 0 aliphatic rings. The maximum Gasteiger partial charge on any atom is 0.119 e. The quantitative estimate of drug-likeness (QED) is 0.272. The normalized spacial score (nSPS) is 10.5. The molecule has 0 aromatic heterocycles. The fourth-order valence-corrected chi connectivity index (χ4v) is 3.58. The van der Waals surface area contributed by atoms with E-state index in [1.54, 1.807) is 0 Å². The lowest BCUT2D eigenvalue weighted by molar-refractivity contribution is 0.470. The topological polar surface area (TPSA) is 20.2 Å². The van der Waals surface area contributed by atoms with Gasteiger partial charge in [-0.3, -0.25) is 0 Å². The minimum absolute atomic E-state index is 0.342. The highest BCUT2D eigenvalue weighted by Crippen LogP contribution is 2.28. The number of phenols is 1. The Morgan fingerprint density at radius 1 is 0.750 bits per heavy atom. The van der Waals surface area contributed by atoms with Crippen LogP contribution in [0.5, 0.6) is 5.75 Å². The number of fused-ring (bicyclic) bond motifs is 1. The molecule has 0 spiro atoms. The monoisotopic (exact) mass is 474 g/mol. The first-order chi connectivity index (χ1) is 13.7. The van der Waals surface area contributed by atoms with E-state index in [0.29, 0.717) is 12.2 Å². The number of hydrogen-bond acceptors (Lipinski definition) is 1. The van der Waals surface area contributed by atoms with Gasteiger partial charge in [0.15, 0.2) is 0 Å². The second-order valence-electron chi connectivity index (χ2n) is 6.81. The second kappa shape index (κ2) is 8.50. The highest BCUT2D eigenvalue weighted by Gasteiger charge is 2.06. The fraction of sp³-hybridized carbons (Fsp3) is 0.0769. The van der Waals surface area contributed by atoms with Gasteiger partial charge >= 0.3 is 0 Å². The molecule has 4 aromatic carbocycles.